The second kappa shape index (κ2) is 4.82. The first-order valence-electron chi connectivity index (χ1n) is 5.64. The molecule has 0 radical (unpaired) electrons. The van der Waals surface area contributed by atoms with E-state index in [9.17, 15) is 9.59 Å². The number of carboxylic acid groups (broad SMARTS) is 1. The maximum absolute atomic E-state index is 11.6. The van der Waals surface area contributed by atoms with Crippen LogP contribution in [0.15, 0.2) is 0 Å². The number of carbonyl (C=O) groups excluding carboxylic acids is 1. The normalized spacial score (nSPS) is 26.0. The highest BCUT2D eigenvalue weighted by molar-refractivity contribution is 5.82. The molecular formula is C11H20N2O3. The molecular weight excluding hydrogens is 208 g/mol. The van der Waals surface area contributed by atoms with Crippen LogP contribution in [0.4, 0.5) is 0 Å². The lowest BCUT2D eigenvalue weighted by atomic mass is 9.99. The Hall–Kier alpha value is -1.10. The summed E-state index contributed by atoms with van der Waals surface area (Å²) in [5.41, 5.74) is -0.881. The molecule has 1 aliphatic rings. The van der Waals surface area contributed by atoms with E-state index in [1.807, 2.05) is 13.8 Å². The summed E-state index contributed by atoms with van der Waals surface area (Å²) in [6.45, 7) is 6.30. The summed E-state index contributed by atoms with van der Waals surface area (Å²) in [6, 6.07) is 0.0891. The van der Waals surface area contributed by atoms with Gasteiger partial charge >= 0.3 is 5.97 Å². The SMILES string of the molecule is CC(C)NC(=O)CN1CCCC1(C)C(=O)O. The third-order valence-corrected chi connectivity index (χ3v) is 3.03. The van der Waals surface area contributed by atoms with Crippen molar-refractivity contribution in [2.45, 2.75) is 45.2 Å². The molecule has 1 atom stereocenters. The molecule has 1 aliphatic heterocycles. The van der Waals surface area contributed by atoms with Crippen molar-refractivity contribution >= 4 is 11.9 Å². The molecule has 0 saturated carbocycles. The smallest absolute Gasteiger partial charge is 0.323 e. The molecule has 1 saturated heterocycles. The third-order valence-electron chi connectivity index (χ3n) is 3.03. The highest BCUT2D eigenvalue weighted by Gasteiger charge is 2.43. The van der Waals surface area contributed by atoms with Crippen molar-refractivity contribution in [1.82, 2.24) is 10.2 Å². The molecule has 0 bridgehead atoms. The van der Waals surface area contributed by atoms with Gasteiger partial charge in [0.1, 0.15) is 5.54 Å². The Morgan fingerprint density at radius 3 is 2.62 bits per heavy atom. The van der Waals surface area contributed by atoms with Crippen molar-refractivity contribution in [3.05, 3.63) is 0 Å². The number of nitrogens with one attached hydrogen (secondary N) is 1. The van der Waals surface area contributed by atoms with Gasteiger partial charge in [-0.2, -0.15) is 0 Å². The van der Waals surface area contributed by atoms with Gasteiger partial charge in [-0.05, 0) is 40.2 Å². The fraction of sp³-hybridized carbons (Fsp3) is 0.818. The van der Waals surface area contributed by atoms with Crippen molar-refractivity contribution in [2.75, 3.05) is 13.1 Å². The molecule has 0 spiro atoms. The number of carbonyl (C=O) groups is 2. The summed E-state index contributed by atoms with van der Waals surface area (Å²) < 4.78 is 0. The van der Waals surface area contributed by atoms with Gasteiger partial charge in [-0.1, -0.05) is 0 Å². The predicted octanol–water partition coefficient (Wildman–Crippen LogP) is 0.450. The molecule has 92 valence electrons. The number of hydrogen-bond donors (Lipinski definition) is 2. The zero-order chi connectivity index (χ0) is 12.3. The highest BCUT2D eigenvalue weighted by atomic mass is 16.4. The summed E-state index contributed by atoms with van der Waals surface area (Å²) in [7, 11) is 0. The lowest BCUT2D eigenvalue weighted by molar-refractivity contribution is -0.149. The van der Waals surface area contributed by atoms with Gasteiger partial charge in [0, 0.05) is 6.04 Å². The van der Waals surface area contributed by atoms with E-state index < -0.39 is 11.5 Å². The topological polar surface area (TPSA) is 69.6 Å². The van der Waals surface area contributed by atoms with E-state index in [0.717, 1.165) is 6.42 Å². The number of hydrogen-bond acceptors (Lipinski definition) is 3. The molecule has 1 heterocycles. The van der Waals surface area contributed by atoms with Gasteiger partial charge in [-0.15, -0.1) is 0 Å². The predicted molar refractivity (Wildman–Crippen MR) is 60.1 cm³/mol. The summed E-state index contributed by atoms with van der Waals surface area (Å²) in [5, 5.41) is 11.9. The van der Waals surface area contributed by atoms with E-state index in [0.29, 0.717) is 13.0 Å². The van der Waals surface area contributed by atoms with Crippen LogP contribution < -0.4 is 5.32 Å². The van der Waals surface area contributed by atoms with Crippen LogP contribution in [0, 0.1) is 0 Å². The van der Waals surface area contributed by atoms with Crippen molar-refractivity contribution < 1.29 is 14.7 Å². The Labute approximate surface area is 95.8 Å². The van der Waals surface area contributed by atoms with Gasteiger partial charge in [-0.3, -0.25) is 14.5 Å². The summed E-state index contributed by atoms with van der Waals surface area (Å²) in [6.07, 6.45) is 1.44. The Balaban J connectivity index is 2.60. The molecule has 1 amide bonds. The van der Waals surface area contributed by atoms with Gasteiger partial charge in [-0.25, -0.2) is 0 Å². The molecule has 0 aromatic rings. The van der Waals surface area contributed by atoms with Crippen LogP contribution in [-0.4, -0.2) is 46.6 Å². The molecule has 1 unspecified atom stereocenters. The first-order valence-corrected chi connectivity index (χ1v) is 5.64. The first-order chi connectivity index (χ1) is 7.36. The summed E-state index contributed by atoms with van der Waals surface area (Å²) in [4.78, 5) is 24.5. The van der Waals surface area contributed by atoms with Gasteiger partial charge in [0.25, 0.3) is 0 Å². The summed E-state index contributed by atoms with van der Waals surface area (Å²) in [5.74, 6) is -0.952. The number of carboxylic acids is 1. The third kappa shape index (κ3) is 2.72. The van der Waals surface area contributed by atoms with E-state index >= 15 is 0 Å². The Bertz CT molecular complexity index is 291. The first kappa shape index (κ1) is 13.0. The van der Waals surface area contributed by atoms with E-state index in [1.165, 1.54) is 0 Å². The number of rotatable bonds is 4. The molecule has 0 aromatic carbocycles. The Morgan fingerprint density at radius 2 is 2.12 bits per heavy atom. The monoisotopic (exact) mass is 228 g/mol. The van der Waals surface area contributed by atoms with Gasteiger partial charge in [0.15, 0.2) is 0 Å². The van der Waals surface area contributed by atoms with Crippen LogP contribution in [0.3, 0.4) is 0 Å². The van der Waals surface area contributed by atoms with Crippen LogP contribution in [-0.2, 0) is 9.59 Å². The second-order valence-electron chi connectivity index (χ2n) is 4.83. The number of amides is 1. The molecule has 0 aliphatic carbocycles. The van der Waals surface area contributed by atoms with Gasteiger partial charge in [0.05, 0.1) is 6.54 Å². The fourth-order valence-electron chi connectivity index (χ4n) is 2.06. The number of aliphatic carboxylic acids is 1. The van der Waals surface area contributed by atoms with Gasteiger partial charge in [0.2, 0.25) is 5.91 Å². The number of likely N-dealkylation sites (tertiary alicyclic amines) is 1. The van der Waals surface area contributed by atoms with E-state index in [4.69, 9.17) is 5.11 Å². The molecule has 0 aromatic heterocycles. The fourth-order valence-corrected chi connectivity index (χ4v) is 2.06. The maximum atomic E-state index is 11.6. The van der Waals surface area contributed by atoms with Crippen molar-refractivity contribution in [3.8, 4) is 0 Å². The maximum Gasteiger partial charge on any atom is 0.323 e. The molecule has 1 rings (SSSR count). The number of nitrogens with zero attached hydrogens (tertiary/aromatic N) is 1. The summed E-state index contributed by atoms with van der Waals surface area (Å²) >= 11 is 0. The molecule has 16 heavy (non-hydrogen) atoms. The van der Waals surface area contributed by atoms with Crippen LogP contribution >= 0.6 is 0 Å². The molecule has 1 fully saturated rings. The molecule has 2 N–H and O–H groups in total. The molecule has 5 nitrogen and oxygen atoms in total. The van der Waals surface area contributed by atoms with Crippen molar-refractivity contribution in [1.29, 1.82) is 0 Å². The second-order valence-corrected chi connectivity index (χ2v) is 4.83. The lowest BCUT2D eigenvalue weighted by Gasteiger charge is -2.30. The van der Waals surface area contributed by atoms with E-state index in [-0.39, 0.29) is 18.5 Å². The Kier molecular flexibility index (Phi) is 3.91. The van der Waals surface area contributed by atoms with Gasteiger partial charge < -0.3 is 10.4 Å². The molecule has 5 heteroatoms. The van der Waals surface area contributed by atoms with Crippen LogP contribution in [0.2, 0.25) is 0 Å². The quantitative estimate of drug-likeness (QED) is 0.733. The largest absolute Gasteiger partial charge is 0.480 e. The lowest BCUT2D eigenvalue weighted by Crippen LogP contribution is -2.52. The van der Waals surface area contributed by atoms with Crippen LogP contribution in [0.1, 0.15) is 33.6 Å². The van der Waals surface area contributed by atoms with Crippen molar-refractivity contribution in [3.63, 3.8) is 0 Å². The minimum Gasteiger partial charge on any atom is -0.480 e. The zero-order valence-corrected chi connectivity index (χ0v) is 10.1. The average molecular weight is 228 g/mol. The average Bonchev–Trinajstić information content (AvgIpc) is 2.47. The van der Waals surface area contributed by atoms with E-state index in [2.05, 4.69) is 5.32 Å². The van der Waals surface area contributed by atoms with Crippen LogP contribution in [0.5, 0.6) is 0 Å². The van der Waals surface area contributed by atoms with E-state index in [1.54, 1.807) is 11.8 Å². The highest BCUT2D eigenvalue weighted by Crippen LogP contribution is 2.28. The standard InChI is InChI=1S/C11H20N2O3/c1-8(2)12-9(14)7-13-6-4-5-11(13,3)10(15)16/h8H,4-7H2,1-3H3,(H,12,14)(H,15,16). The minimum atomic E-state index is -0.881. The minimum absolute atomic E-state index is 0.0891. The van der Waals surface area contributed by atoms with Crippen LogP contribution in [0.25, 0.3) is 0 Å². The zero-order valence-electron chi connectivity index (χ0n) is 10.1. The van der Waals surface area contributed by atoms with Crippen molar-refractivity contribution in [2.24, 2.45) is 0 Å². The Morgan fingerprint density at radius 1 is 1.50 bits per heavy atom.